The predicted octanol–water partition coefficient (Wildman–Crippen LogP) is 4.98. The Labute approximate surface area is 131 Å². The van der Waals surface area contributed by atoms with Crippen molar-refractivity contribution < 1.29 is 9.53 Å². The van der Waals surface area contributed by atoms with Crippen molar-refractivity contribution in [2.24, 2.45) is 0 Å². The van der Waals surface area contributed by atoms with Crippen LogP contribution in [-0.2, 0) is 0 Å². The van der Waals surface area contributed by atoms with E-state index in [0.717, 1.165) is 21.3 Å². The van der Waals surface area contributed by atoms with Crippen molar-refractivity contribution in [3.8, 4) is 5.75 Å². The summed E-state index contributed by atoms with van der Waals surface area (Å²) in [5.74, 6) is 0.672. The van der Waals surface area contributed by atoms with Gasteiger partial charge in [-0.3, -0.25) is 4.79 Å². The van der Waals surface area contributed by atoms with Gasteiger partial charge in [-0.2, -0.15) is 0 Å². The van der Waals surface area contributed by atoms with Crippen LogP contribution in [0.3, 0.4) is 0 Å². The molecule has 4 heteroatoms. The van der Waals surface area contributed by atoms with Gasteiger partial charge in [0.2, 0.25) is 0 Å². The molecule has 0 radical (unpaired) electrons. The number of rotatable bonds is 4. The SMILES string of the molecule is Cc1cc(Cl)cc(C)c1OCC(=O)c1ccc(Br)cc1. The van der Waals surface area contributed by atoms with Crippen LogP contribution >= 0.6 is 27.5 Å². The van der Waals surface area contributed by atoms with E-state index < -0.39 is 0 Å². The van der Waals surface area contributed by atoms with E-state index in [2.05, 4.69) is 15.9 Å². The van der Waals surface area contributed by atoms with Crippen molar-refractivity contribution in [3.63, 3.8) is 0 Å². The third-order valence-corrected chi connectivity index (χ3v) is 3.69. The quantitative estimate of drug-likeness (QED) is 0.725. The molecular weight excluding hydrogens is 340 g/mol. The molecule has 0 unspecified atom stereocenters. The minimum Gasteiger partial charge on any atom is -0.485 e. The number of hydrogen-bond donors (Lipinski definition) is 0. The smallest absolute Gasteiger partial charge is 0.200 e. The highest BCUT2D eigenvalue weighted by Gasteiger charge is 2.10. The Morgan fingerprint density at radius 1 is 1.15 bits per heavy atom. The summed E-state index contributed by atoms with van der Waals surface area (Å²) in [4.78, 5) is 12.1. The van der Waals surface area contributed by atoms with Gasteiger partial charge in [0.15, 0.2) is 12.4 Å². The first-order chi connectivity index (χ1) is 9.47. The predicted molar refractivity (Wildman–Crippen MR) is 84.9 cm³/mol. The van der Waals surface area contributed by atoms with Crippen LogP contribution in [0.15, 0.2) is 40.9 Å². The maximum absolute atomic E-state index is 12.1. The largest absolute Gasteiger partial charge is 0.485 e. The van der Waals surface area contributed by atoms with Crippen LogP contribution in [0.2, 0.25) is 5.02 Å². The molecule has 0 aliphatic heterocycles. The Balaban J connectivity index is 2.09. The minimum atomic E-state index is -0.0498. The molecule has 0 heterocycles. The number of Topliss-reactive ketones (excluding diaryl/α,β-unsaturated/α-hetero) is 1. The van der Waals surface area contributed by atoms with Gasteiger partial charge in [-0.25, -0.2) is 0 Å². The Hall–Kier alpha value is -1.32. The maximum atomic E-state index is 12.1. The molecule has 0 aliphatic carbocycles. The van der Waals surface area contributed by atoms with Gasteiger partial charge < -0.3 is 4.74 Å². The molecule has 2 aromatic carbocycles. The summed E-state index contributed by atoms with van der Waals surface area (Å²) in [5.41, 5.74) is 2.50. The summed E-state index contributed by atoms with van der Waals surface area (Å²) in [6, 6.07) is 10.9. The number of halogens is 2. The highest BCUT2D eigenvalue weighted by atomic mass is 79.9. The standard InChI is InChI=1S/C16H14BrClO2/c1-10-7-14(18)8-11(2)16(10)20-9-15(19)12-3-5-13(17)6-4-12/h3-8H,9H2,1-2H3. The molecule has 0 saturated heterocycles. The monoisotopic (exact) mass is 352 g/mol. The molecule has 0 bridgehead atoms. The van der Waals surface area contributed by atoms with Crippen LogP contribution in [0, 0.1) is 13.8 Å². The lowest BCUT2D eigenvalue weighted by Gasteiger charge is -2.12. The normalized spacial score (nSPS) is 10.4. The van der Waals surface area contributed by atoms with Crippen LogP contribution in [0.1, 0.15) is 21.5 Å². The number of ether oxygens (including phenoxy) is 1. The second-order valence-corrected chi connectivity index (χ2v) is 5.94. The summed E-state index contributed by atoms with van der Waals surface area (Å²) in [7, 11) is 0. The van der Waals surface area contributed by atoms with Gasteiger partial charge >= 0.3 is 0 Å². The zero-order valence-electron chi connectivity index (χ0n) is 11.2. The van der Waals surface area contributed by atoms with Gasteiger partial charge in [-0.1, -0.05) is 39.7 Å². The Morgan fingerprint density at radius 3 is 2.25 bits per heavy atom. The zero-order chi connectivity index (χ0) is 14.7. The number of benzene rings is 2. The second-order valence-electron chi connectivity index (χ2n) is 4.59. The molecule has 0 N–H and O–H groups in total. The number of aryl methyl sites for hydroxylation is 2. The highest BCUT2D eigenvalue weighted by molar-refractivity contribution is 9.10. The topological polar surface area (TPSA) is 26.3 Å². The molecule has 104 valence electrons. The van der Waals surface area contributed by atoms with E-state index in [-0.39, 0.29) is 12.4 Å². The van der Waals surface area contributed by atoms with E-state index in [9.17, 15) is 4.79 Å². The highest BCUT2D eigenvalue weighted by Crippen LogP contribution is 2.27. The zero-order valence-corrected chi connectivity index (χ0v) is 13.6. The summed E-state index contributed by atoms with van der Waals surface area (Å²) in [6.45, 7) is 3.85. The van der Waals surface area contributed by atoms with Crippen LogP contribution in [0.4, 0.5) is 0 Å². The average molecular weight is 354 g/mol. The summed E-state index contributed by atoms with van der Waals surface area (Å²) >= 11 is 9.31. The van der Waals surface area contributed by atoms with Gasteiger partial charge in [0.25, 0.3) is 0 Å². The molecule has 0 aromatic heterocycles. The van der Waals surface area contributed by atoms with E-state index in [1.165, 1.54) is 0 Å². The second kappa shape index (κ2) is 6.42. The van der Waals surface area contributed by atoms with E-state index in [0.29, 0.717) is 10.6 Å². The fraction of sp³-hybridized carbons (Fsp3) is 0.188. The molecule has 0 saturated carbocycles. The van der Waals surface area contributed by atoms with Gasteiger partial charge in [0.05, 0.1) is 0 Å². The van der Waals surface area contributed by atoms with Crippen LogP contribution in [-0.4, -0.2) is 12.4 Å². The average Bonchev–Trinajstić information content (AvgIpc) is 2.38. The number of hydrogen-bond acceptors (Lipinski definition) is 2. The van der Waals surface area contributed by atoms with Crippen molar-refractivity contribution in [3.05, 3.63) is 62.6 Å². The third kappa shape index (κ3) is 3.62. The van der Waals surface area contributed by atoms with E-state index >= 15 is 0 Å². The number of ketones is 1. The molecule has 20 heavy (non-hydrogen) atoms. The van der Waals surface area contributed by atoms with Crippen molar-refractivity contribution in [2.45, 2.75) is 13.8 Å². The van der Waals surface area contributed by atoms with Crippen LogP contribution in [0.25, 0.3) is 0 Å². The van der Waals surface area contributed by atoms with Crippen molar-refractivity contribution in [2.75, 3.05) is 6.61 Å². The number of carbonyl (C=O) groups is 1. The lowest BCUT2D eigenvalue weighted by Crippen LogP contribution is -2.12. The van der Waals surface area contributed by atoms with E-state index in [1.807, 2.05) is 38.1 Å². The lowest BCUT2D eigenvalue weighted by molar-refractivity contribution is 0.0920. The minimum absolute atomic E-state index is 0.0188. The fourth-order valence-electron chi connectivity index (χ4n) is 1.98. The number of carbonyl (C=O) groups excluding carboxylic acids is 1. The van der Waals surface area contributed by atoms with Gasteiger partial charge in [-0.05, 0) is 49.2 Å². The van der Waals surface area contributed by atoms with Gasteiger partial charge in [-0.15, -0.1) is 0 Å². The molecule has 2 rings (SSSR count). The molecule has 0 atom stereocenters. The fourth-order valence-corrected chi connectivity index (χ4v) is 2.57. The summed E-state index contributed by atoms with van der Waals surface area (Å²) < 4.78 is 6.59. The van der Waals surface area contributed by atoms with Crippen molar-refractivity contribution in [1.29, 1.82) is 0 Å². The molecule has 2 aromatic rings. The van der Waals surface area contributed by atoms with Crippen LogP contribution < -0.4 is 4.74 Å². The maximum Gasteiger partial charge on any atom is 0.200 e. The van der Waals surface area contributed by atoms with E-state index in [4.69, 9.17) is 16.3 Å². The third-order valence-electron chi connectivity index (χ3n) is 2.94. The molecule has 0 amide bonds. The van der Waals surface area contributed by atoms with Crippen molar-refractivity contribution >= 4 is 33.3 Å². The summed E-state index contributed by atoms with van der Waals surface area (Å²) in [5, 5.41) is 0.673. The molecule has 0 aliphatic rings. The Morgan fingerprint density at radius 2 is 1.70 bits per heavy atom. The lowest BCUT2D eigenvalue weighted by atomic mass is 10.1. The first-order valence-electron chi connectivity index (χ1n) is 6.15. The van der Waals surface area contributed by atoms with Crippen LogP contribution in [0.5, 0.6) is 5.75 Å². The van der Waals surface area contributed by atoms with Crippen molar-refractivity contribution in [1.82, 2.24) is 0 Å². The Bertz CT molecular complexity index is 612. The summed E-state index contributed by atoms with van der Waals surface area (Å²) in [6.07, 6.45) is 0. The first kappa shape index (κ1) is 15.1. The van der Waals surface area contributed by atoms with Gasteiger partial charge in [0.1, 0.15) is 5.75 Å². The molecule has 2 nitrogen and oxygen atoms in total. The van der Waals surface area contributed by atoms with E-state index in [1.54, 1.807) is 12.1 Å². The molecular formula is C16H14BrClO2. The Kier molecular flexibility index (Phi) is 4.84. The van der Waals surface area contributed by atoms with Gasteiger partial charge in [0, 0.05) is 15.1 Å². The molecule has 0 spiro atoms. The molecule has 0 fully saturated rings. The first-order valence-corrected chi connectivity index (χ1v) is 7.33.